The molecule has 0 bridgehead atoms. The van der Waals surface area contributed by atoms with E-state index in [1.165, 1.54) is 10.9 Å². The van der Waals surface area contributed by atoms with Gasteiger partial charge in [0.2, 0.25) is 0 Å². The van der Waals surface area contributed by atoms with Gasteiger partial charge in [-0.25, -0.2) is 0 Å². The van der Waals surface area contributed by atoms with E-state index in [9.17, 15) is 0 Å². The SMILES string of the molecule is Cc1oc2ccccc2c1CNCCCCOC(C)C. The highest BCUT2D eigenvalue weighted by molar-refractivity contribution is 5.82. The predicted octanol–water partition coefficient (Wildman–Crippen LogP) is 4.04. The molecule has 0 aliphatic carbocycles. The molecule has 0 amide bonds. The highest BCUT2D eigenvalue weighted by Gasteiger charge is 2.09. The maximum atomic E-state index is 5.76. The van der Waals surface area contributed by atoms with Gasteiger partial charge in [-0.1, -0.05) is 18.2 Å². The third-order valence-corrected chi connectivity index (χ3v) is 3.40. The molecule has 1 heterocycles. The molecule has 2 aromatic rings. The number of aryl methyl sites for hydroxylation is 1. The van der Waals surface area contributed by atoms with Crippen molar-refractivity contribution in [1.29, 1.82) is 0 Å². The van der Waals surface area contributed by atoms with Crippen molar-refractivity contribution in [1.82, 2.24) is 5.32 Å². The largest absolute Gasteiger partial charge is 0.461 e. The molecule has 20 heavy (non-hydrogen) atoms. The van der Waals surface area contributed by atoms with E-state index in [1.807, 2.05) is 19.1 Å². The maximum Gasteiger partial charge on any atom is 0.134 e. The van der Waals surface area contributed by atoms with E-state index in [0.29, 0.717) is 6.10 Å². The molecule has 0 saturated heterocycles. The van der Waals surface area contributed by atoms with Gasteiger partial charge in [0.05, 0.1) is 6.10 Å². The minimum Gasteiger partial charge on any atom is -0.461 e. The van der Waals surface area contributed by atoms with Gasteiger partial charge in [0.15, 0.2) is 0 Å². The van der Waals surface area contributed by atoms with Crippen LogP contribution in [0.25, 0.3) is 11.0 Å². The molecule has 3 heteroatoms. The molecule has 0 saturated carbocycles. The Hall–Kier alpha value is -1.32. The van der Waals surface area contributed by atoms with E-state index in [4.69, 9.17) is 9.15 Å². The lowest BCUT2D eigenvalue weighted by atomic mass is 10.1. The maximum absolute atomic E-state index is 5.76. The Morgan fingerprint density at radius 1 is 1.20 bits per heavy atom. The lowest BCUT2D eigenvalue weighted by Gasteiger charge is -2.07. The Labute approximate surface area is 121 Å². The average Bonchev–Trinajstić information content (AvgIpc) is 2.73. The van der Waals surface area contributed by atoms with Crippen molar-refractivity contribution in [3.63, 3.8) is 0 Å². The second-order valence-corrected chi connectivity index (χ2v) is 5.44. The van der Waals surface area contributed by atoms with Crippen LogP contribution < -0.4 is 5.32 Å². The fourth-order valence-corrected chi connectivity index (χ4v) is 2.33. The Morgan fingerprint density at radius 2 is 2.00 bits per heavy atom. The highest BCUT2D eigenvalue weighted by atomic mass is 16.5. The van der Waals surface area contributed by atoms with Gasteiger partial charge in [0.1, 0.15) is 11.3 Å². The van der Waals surface area contributed by atoms with Crippen LogP contribution in [0.15, 0.2) is 28.7 Å². The molecule has 1 N–H and O–H groups in total. The molecule has 0 aliphatic rings. The first kappa shape index (κ1) is 15.1. The lowest BCUT2D eigenvalue weighted by Crippen LogP contribution is -2.16. The minimum atomic E-state index is 0.336. The number of furan rings is 1. The van der Waals surface area contributed by atoms with Crippen LogP contribution in [0.2, 0.25) is 0 Å². The molecule has 110 valence electrons. The molecule has 2 rings (SSSR count). The van der Waals surface area contributed by atoms with Crippen molar-refractivity contribution in [2.45, 2.75) is 46.3 Å². The van der Waals surface area contributed by atoms with E-state index >= 15 is 0 Å². The molecule has 0 spiro atoms. The topological polar surface area (TPSA) is 34.4 Å². The fourth-order valence-electron chi connectivity index (χ4n) is 2.33. The molecule has 0 fully saturated rings. The van der Waals surface area contributed by atoms with Gasteiger partial charge in [-0.15, -0.1) is 0 Å². The van der Waals surface area contributed by atoms with E-state index < -0.39 is 0 Å². The molecule has 3 nitrogen and oxygen atoms in total. The molecule has 0 unspecified atom stereocenters. The van der Waals surface area contributed by atoms with E-state index in [1.54, 1.807) is 0 Å². The van der Waals surface area contributed by atoms with E-state index in [2.05, 4.69) is 31.3 Å². The summed E-state index contributed by atoms with van der Waals surface area (Å²) >= 11 is 0. The summed E-state index contributed by atoms with van der Waals surface area (Å²) in [6.07, 6.45) is 2.58. The second kappa shape index (κ2) is 7.46. The van der Waals surface area contributed by atoms with Crippen LogP contribution in [0.4, 0.5) is 0 Å². The van der Waals surface area contributed by atoms with Crippen molar-refractivity contribution in [2.75, 3.05) is 13.2 Å². The molecule has 1 aromatic heterocycles. The molecular formula is C17H25NO2. The Balaban J connectivity index is 1.75. The summed E-state index contributed by atoms with van der Waals surface area (Å²) in [4.78, 5) is 0. The monoisotopic (exact) mass is 275 g/mol. The number of fused-ring (bicyclic) bond motifs is 1. The fraction of sp³-hybridized carbons (Fsp3) is 0.529. The zero-order chi connectivity index (χ0) is 14.4. The first-order valence-electron chi connectivity index (χ1n) is 7.48. The van der Waals surface area contributed by atoms with Crippen molar-refractivity contribution < 1.29 is 9.15 Å². The number of ether oxygens (including phenoxy) is 1. The number of hydrogen-bond donors (Lipinski definition) is 1. The van der Waals surface area contributed by atoms with Crippen LogP contribution in [0.3, 0.4) is 0 Å². The van der Waals surface area contributed by atoms with Gasteiger partial charge in [-0.05, 0) is 46.2 Å². The number of para-hydroxylation sites is 1. The smallest absolute Gasteiger partial charge is 0.134 e. The number of rotatable bonds is 8. The van der Waals surface area contributed by atoms with Gasteiger partial charge in [0.25, 0.3) is 0 Å². The van der Waals surface area contributed by atoms with Crippen molar-refractivity contribution in [2.24, 2.45) is 0 Å². The molecular weight excluding hydrogens is 250 g/mol. The van der Waals surface area contributed by atoms with Gasteiger partial charge < -0.3 is 14.5 Å². The summed E-state index contributed by atoms with van der Waals surface area (Å²) in [7, 11) is 0. The number of unbranched alkanes of at least 4 members (excludes halogenated alkanes) is 1. The summed E-state index contributed by atoms with van der Waals surface area (Å²) in [6, 6.07) is 8.22. The third kappa shape index (κ3) is 4.09. The van der Waals surface area contributed by atoms with Crippen molar-refractivity contribution in [3.8, 4) is 0 Å². The Kier molecular flexibility index (Phi) is 5.62. The standard InChI is InChI=1S/C17H25NO2/c1-13(2)19-11-7-6-10-18-12-16-14(3)20-17-9-5-4-8-15(16)17/h4-5,8-9,13,18H,6-7,10-12H2,1-3H3. The quantitative estimate of drug-likeness (QED) is 0.738. The zero-order valence-corrected chi connectivity index (χ0v) is 12.7. The summed E-state index contributed by atoms with van der Waals surface area (Å²) in [5.74, 6) is 1.02. The molecule has 0 atom stereocenters. The normalized spacial score (nSPS) is 11.6. The zero-order valence-electron chi connectivity index (χ0n) is 12.7. The van der Waals surface area contributed by atoms with Gasteiger partial charge in [-0.2, -0.15) is 0 Å². The van der Waals surface area contributed by atoms with Gasteiger partial charge in [-0.3, -0.25) is 0 Å². The van der Waals surface area contributed by atoms with Crippen LogP contribution in [-0.4, -0.2) is 19.3 Å². The Morgan fingerprint density at radius 3 is 2.80 bits per heavy atom. The van der Waals surface area contributed by atoms with Crippen molar-refractivity contribution >= 4 is 11.0 Å². The number of hydrogen-bond acceptors (Lipinski definition) is 3. The first-order valence-corrected chi connectivity index (χ1v) is 7.48. The average molecular weight is 275 g/mol. The van der Waals surface area contributed by atoms with Crippen LogP contribution >= 0.6 is 0 Å². The molecule has 0 aliphatic heterocycles. The number of benzene rings is 1. The predicted molar refractivity (Wildman–Crippen MR) is 83.0 cm³/mol. The summed E-state index contributed by atoms with van der Waals surface area (Å²) in [6.45, 7) is 8.92. The second-order valence-electron chi connectivity index (χ2n) is 5.44. The van der Waals surface area contributed by atoms with Gasteiger partial charge in [0, 0.05) is 24.1 Å². The van der Waals surface area contributed by atoms with Crippen LogP contribution in [-0.2, 0) is 11.3 Å². The summed E-state index contributed by atoms with van der Waals surface area (Å²) in [5, 5.41) is 4.72. The lowest BCUT2D eigenvalue weighted by molar-refractivity contribution is 0.0760. The number of nitrogens with one attached hydrogen (secondary N) is 1. The third-order valence-electron chi connectivity index (χ3n) is 3.40. The summed E-state index contributed by atoms with van der Waals surface area (Å²) in [5.41, 5.74) is 2.26. The Bertz CT molecular complexity index is 531. The van der Waals surface area contributed by atoms with Crippen LogP contribution in [0, 0.1) is 6.92 Å². The van der Waals surface area contributed by atoms with Crippen LogP contribution in [0.1, 0.15) is 38.0 Å². The van der Waals surface area contributed by atoms with Crippen molar-refractivity contribution in [3.05, 3.63) is 35.6 Å². The molecule has 0 radical (unpaired) electrons. The highest BCUT2D eigenvalue weighted by Crippen LogP contribution is 2.24. The molecule has 1 aromatic carbocycles. The summed E-state index contributed by atoms with van der Waals surface area (Å²) < 4.78 is 11.3. The van der Waals surface area contributed by atoms with E-state index in [0.717, 1.165) is 43.9 Å². The first-order chi connectivity index (χ1) is 9.68. The van der Waals surface area contributed by atoms with E-state index in [-0.39, 0.29) is 0 Å². The van der Waals surface area contributed by atoms with Crippen LogP contribution in [0.5, 0.6) is 0 Å². The van der Waals surface area contributed by atoms with Gasteiger partial charge >= 0.3 is 0 Å². The minimum absolute atomic E-state index is 0.336.